The molecule has 0 fully saturated rings. The maximum atomic E-state index is 12.8. The van der Waals surface area contributed by atoms with E-state index in [1.807, 2.05) is 6.08 Å². The van der Waals surface area contributed by atoms with Gasteiger partial charge in [-0.2, -0.15) is 0 Å². The van der Waals surface area contributed by atoms with Gasteiger partial charge in [0.25, 0.3) is 5.56 Å². The van der Waals surface area contributed by atoms with Crippen LogP contribution in [0.25, 0.3) is 23.1 Å². The van der Waals surface area contributed by atoms with Crippen LogP contribution in [0.1, 0.15) is 11.4 Å². The Labute approximate surface area is 125 Å². The Morgan fingerprint density at radius 2 is 1.82 bits per heavy atom. The molecule has 5 heteroatoms. The van der Waals surface area contributed by atoms with Crippen molar-refractivity contribution in [3.8, 4) is 0 Å². The average molecular weight is 293 g/mol. The maximum Gasteiger partial charge on any atom is 0.259 e. The second-order valence-corrected chi connectivity index (χ2v) is 4.61. The van der Waals surface area contributed by atoms with Crippen LogP contribution in [0.3, 0.4) is 0 Å². The molecule has 0 aliphatic carbocycles. The molecular weight excluding hydrogens is 281 g/mol. The number of nitrogens with zero attached hydrogens (tertiary/aromatic N) is 2. The van der Waals surface area contributed by atoms with Crippen LogP contribution in [0.5, 0.6) is 0 Å². The summed E-state index contributed by atoms with van der Waals surface area (Å²) in [5.41, 5.74) is 1.23. The highest BCUT2D eigenvalue weighted by Gasteiger charge is 2.00. The van der Waals surface area contributed by atoms with Gasteiger partial charge in [-0.25, -0.2) is 9.37 Å². The zero-order chi connectivity index (χ0) is 15.4. The van der Waals surface area contributed by atoms with Crippen molar-refractivity contribution in [1.29, 1.82) is 0 Å². The molecule has 3 aromatic rings. The second-order valence-electron chi connectivity index (χ2n) is 4.61. The lowest BCUT2D eigenvalue weighted by atomic mass is 10.2. The highest BCUT2D eigenvalue weighted by Crippen LogP contribution is 2.06. The van der Waals surface area contributed by atoms with E-state index in [4.69, 9.17) is 0 Å². The van der Waals surface area contributed by atoms with E-state index >= 15 is 0 Å². The molecule has 0 amide bonds. The van der Waals surface area contributed by atoms with Crippen LogP contribution in [-0.2, 0) is 0 Å². The molecule has 2 aromatic heterocycles. The van der Waals surface area contributed by atoms with E-state index in [0.717, 1.165) is 5.56 Å². The smallest absolute Gasteiger partial charge is 0.259 e. The van der Waals surface area contributed by atoms with Gasteiger partial charge in [0.15, 0.2) is 0 Å². The minimum absolute atomic E-state index is 0.199. The molecule has 0 bridgehead atoms. The van der Waals surface area contributed by atoms with E-state index in [2.05, 4.69) is 15.0 Å². The van der Waals surface area contributed by atoms with Gasteiger partial charge in [-0.1, -0.05) is 30.4 Å². The van der Waals surface area contributed by atoms with Gasteiger partial charge in [0.2, 0.25) is 0 Å². The Morgan fingerprint density at radius 3 is 2.64 bits per heavy atom. The number of nitrogens with one attached hydrogen (secondary N) is 1. The third-order valence-electron chi connectivity index (χ3n) is 3.05. The average Bonchev–Trinajstić information content (AvgIpc) is 2.53. The minimum atomic E-state index is -0.265. The predicted molar refractivity (Wildman–Crippen MR) is 84.6 cm³/mol. The van der Waals surface area contributed by atoms with Crippen LogP contribution in [0, 0.1) is 5.82 Å². The lowest BCUT2D eigenvalue weighted by Gasteiger charge is -1.97. The van der Waals surface area contributed by atoms with Gasteiger partial charge < -0.3 is 4.98 Å². The van der Waals surface area contributed by atoms with Crippen molar-refractivity contribution in [1.82, 2.24) is 15.0 Å². The lowest BCUT2D eigenvalue weighted by Crippen LogP contribution is -2.09. The molecule has 1 aromatic carbocycles. The summed E-state index contributed by atoms with van der Waals surface area (Å²) in [5.74, 6) is 0.188. The summed E-state index contributed by atoms with van der Waals surface area (Å²) in [4.78, 5) is 22.8. The van der Waals surface area contributed by atoms with E-state index in [1.165, 1.54) is 12.1 Å². The van der Waals surface area contributed by atoms with E-state index in [0.29, 0.717) is 16.7 Å². The highest BCUT2D eigenvalue weighted by molar-refractivity contribution is 5.76. The fourth-order valence-electron chi connectivity index (χ4n) is 1.97. The molecule has 0 spiro atoms. The molecule has 22 heavy (non-hydrogen) atoms. The molecule has 0 unspecified atom stereocenters. The van der Waals surface area contributed by atoms with E-state index in [-0.39, 0.29) is 11.4 Å². The number of H-pyrrole nitrogens is 1. The van der Waals surface area contributed by atoms with E-state index < -0.39 is 0 Å². The normalized spacial score (nSPS) is 11.7. The molecule has 0 aliphatic heterocycles. The first-order valence-corrected chi connectivity index (χ1v) is 6.67. The molecular formula is C17H12FN3O. The molecule has 0 atom stereocenters. The van der Waals surface area contributed by atoms with Crippen LogP contribution < -0.4 is 5.56 Å². The number of rotatable bonds is 3. The number of fused-ring (bicyclic) bond motifs is 1. The molecule has 0 saturated carbocycles. The van der Waals surface area contributed by atoms with Crippen molar-refractivity contribution < 1.29 is 4.39 Å². The van der Waals surface area contributed by atoms with Crippen molar-refractivity contribution in [3.63, 3.8) is 0 Å². The fraction of sp³-hybridized carbons (Fsp3) is 0. The monoisotopic (exact) mass is 293 g/mol. The highest BCUT2D eigenvalue weighted by atomic mass is 19.1. The Balaban J connectivity index is 1.80. The van der Waals surface area contributed by atoms with Gasteiger partial charge in [0.1, 0.15) is 11.6 Å². The van der Waals surface area contributed by atoms with Gasteiger partial charge in [0.05, 0.1) is 17.1 Å². The fourth-order valence-corrected chi connectivity index (χ4v) is 1.97. The quantitative estimate of drug-likeness (QED) is 0.754. The van der Waals surface area contributed by atoms with Crippen LogP contribution in [-0.4, -0.2) is 15.0 Å². The Kier molecular flexibility index (Phi) is 3.87. The topological polar surface area (TPSA) is 58.6 Å². The van der Waals surface area contributed by atoms with Crippen molar-refractivity contribution >= 4 is 23.1 Å². The summed E-state index contributed by atoms with van der Waals surface area (Å²) in [6.45, 7) is 0. The van der Waals surface area contributed by atoms with Crippen molar-refractivity contribution in [2.75, 3.05) is 0 Å². The summed E-state index contributed by atoms with van der Waals surface area (Å²) in [6.07, 6.45) is 10.2. The number of benzene rings is 1. The third kappa shape index (κ3) is 3.15. The first kappa shape index (κ1) is 13.9. The zero-order valence-electron chi connectivity index (χ0n) is 11.5. The molecule has 4 nitrogen and oxygen atoms in total. The summed E-state index contributed by atoms with van der Waals surface area (Å²) < 4.78 is 12.8. The Morgan fingerprint density at radius 1 is 1.05 bits per heavy atom. The van der Waals surface area contributed by atoms with Gasteiger partial charge in [-0.15, -0.1) is 0 Å². The van der Waals surface area contributed by atoms with Gasteiger partial charge in [-0.3, -0.25) is 9.78 Å². The lowest BCUT2D eigenvalue weighted by molar-refractivity contribution is 0.628. The third-order valence-corrected chi connectivity index (χ3v) is 3.05. The summed E-state index contributed by atoms with van der Waals surface area (Å²) in [6, 6.07) is 7.80. The van der Waals surface area contributed by atoms with Crippen molar-refractivity contribution in [2.45, 2.75) is 0 Å². The Hall–Kier alpha value is -3.08. The SMILES string of the molecule is O=c1[nH]c(C=CC=Cc2ccc(F)cc2)nc2cnccc12. The zero-order valence-corrected chi connectivity index (χ0v) is 11.5. The molecule has 108 valence electrons. The van der Waals surface area contributed by atoms with Gasteiger partial charge in [-0.05, 0) is 29.8 Å². The van der Waals surface area contributed by atoms with E-state index in [9.17, 15) is 9.18 Å². The number of hydrogen-bond donors (Lipinski definition) is 1. The first-order valence-electron chi connectivity index (χ1n) is 6.67. The molecule has 2 heterocycles. The molecule has 3 rings (SSSR count). The summed E-state index contributed by atoms with van der Waals surface area (Å²) in [5, 5.41) is 0.508. The van der Waals surface area contributed by atoms with Crippen LogP contribution in [0.4, 0.5) is 4.39 Å². The predicted octanol–water partition coefficient (Wildman–Crippen LogP) is 3.18. The number of allylic oxidation sites excluding steroid dienone is 2. The molecule has 0 aliphatic rings. The van der Waals surface area contributed by atoms with Crippen molar-refractivity contribution in [2.24, 2.45) is 0 Å². The maximum absolute atomic E-state index is 12.8. The number of aromatic amines is 1. The minimum Gasteiger partial charge on any atom is -0.306 e. The molecule has 0 radical (unpaired) electrons. The van der Waals surface area contributed by atoms with Crippen LogP contribution >= 0.6 is 0 Å². The van der Waals surface area contributed by atoms with Gasteiger partial charge >= 0.3 is 0 Å². The molecule has 0 saturated heterocycles. The van der Waals surface area contributed by atoms with Crippen molar-refractivity contribution in [3.05, 3.63) is 82.4 Å². The Bertz CT molecular complexity index is 911. The van der Waals surface area contributed by atoms with Crippen LogP contribution in [0.2, 0.25) is 0 Å². The number of pyridine rings is 1. The number of aromatic nitrogens is 3. The standard InChI is InChI=1S/C17H12FN3O/c18-13-7-5-12(6-8-13)3-1-2-4-16-20-15-11-19-10-9-14(15)17(22)21-16/h1-11H,(H,20,21,22). The number of halogens is 1. The second kappa shape index (κ2) is 6.13. The summed E-state index contributed by atoms with van der Waals surface area (Å²) >= 11 is 0. The largest absolute Gasteiger partial charge is 0.306 e. The van der Waals surface area contributed by atoms with Crippen LogP contribution in [0.15, 0.2) is 59.7 Å². The summed E-state index contributed by atoms with van der Waals surface area (Å²) in [7, 11) is 0. The van der Waals surface area contributed by atoms with Gasteiger partial charge in [0, 0.05) is 6.20 Å². The first-order chi connectivity index (χ1) is 10.7. The van der Waals surface area contributed by atoms with E-state index in [1.54, 1.807) is 48.8 Å². The number of hydrogen-bond acceptors (Lipinski definition) is 3. The molecule has 1 N–H and O–H groups in total.